The van der Waals surface area contributed by atoms with Crippen molar-refractivity contribution in [3.63, 3.8) is 0 Å². The van der Waals surface area contributed by atoms with Crippen molar-refractivity contribution in [3.8, 4) is 0 Å². The minimum Gasteiger partial charge on any atom is -0.349 e. The maximum absolute atomic E-state index is 12.1. The Morgan fingerprint density at radius 2 is 2.00 bits per heavy atom. The molecule has 0 bridgehead atoms. The normalized spacial score (nSPS) is 11.2. The number of aromatic nitrogens is 2. The zero-order valence-corrected chi connectivity index (χ0v) is 16.8. The Morgan fingerprint density at radius 1 is 1.31 bits per heavy atom. The van der Waals surface area contributed by atoms with Crippen LogP contribution in [0, 0.1) is 0 Å². The third-order valence-corrected chi connectivity index (χ3v) is 5.49. The minimum absolute atomic E-state index is 0. The van der Waals surface area contributed by atoms with Crippen LogP contribution in [0.5, 0.6) is 0 Å². The molecule has 0 radical (unpaired) electrons. The molecule has 0 aliphatic heterocycles. The number of nitrogens with one attached hydrogen (secondary N) is 2. The van der Waals surface area contributed by atoms with Crippen LogP contribution in [0.2, 0.25) is 0 Å². The molecular weight excluding hydrogens is 372 g/mol. The largest absolute Gasteiger partial charge is 0.349 e. The summed E-state index contributed by atoms with van der Waals surface area (Å²) < 4.78 is 0. The molecule has 2 rings (SSSR count). The first-order chi connectivity index (χ1) is 12.0. The number of thioether (sulfide) groups is 1. The van der Waals surface area contributed by atoms with Gasteiger partial charge in [-0.15, -0.1) is 12.4 Å². The van der Waals surface area contributed by atoms with Crippen LogP contribution in [0.15, 0.2) is 29.1 Å². The Labute approximate surface area is 164 Å². The van der Waals surface area contributed by atoms with Gasteiger partial charge in [-0.05, 0) is 25.0 Å². The molecule has 0 atom stereocenters. The van der Waals surface area contributed by atoms with Gasteiger partial charge in [-0.1, -0.05) is 26.0 Å². The summed E-state index contributed by atoms with van der Waals surface area (Å²) in [6, 6.07) is 7.27. The number of carbonyl (C=O) groups is 1. The highest BCUT2D eigenvalue weighted by molar-refractivity contribution is 7.98. The van der Waals surface area contributed by atoms with E-state index in [-0.39, 0.29) is 29.4 Å². The molecule has 6 nitrogen and oxygen atoms in total. The molecule has 0 saturated carbocycles. The summed E-state index contributed by atoms with van der Waals surface area (Å²) in [5.74, 6) is 1.88. The summed E-state index contributed by atoms with van der Waals surface area (Å²) in [5, 5.41) is 3.65. The van der Waals surface area contributed by atoms with Crippen LogP contribution in [0.1, 0.15) is 38.9 Å². The fourth-order valence-electron chi connectivity index (χ4n) is 2.66. The molecule has 26 heavy (non-hydrogen) atoms. The monoisotopic (exact) mass is 398 g/mol. The smallest absolute Gasteiger partial charge is 0.258 e. The predicted molar refractivity (Wildman–Crippen MR) is 111 cm³/mol. The van der Waals surface area contributed by atoms with Crippen LogP contribution in [0.3, 0.4) is 0 Å². The molecule has 0 unspecified atom stereocenters. The van der Waals surface area contributed by atoms with Gasteiger partial charge in [0, 0.05) is 18.7 Å². The second-order valence-electron chi connectivity index (χ2n) is 6.07. The number of carbonyl (C=O) groups excluding carboxylic acids is 1. The second-order valence-corrected chi connectivity index (χ2v) is 7.18. The van der Waals surface area contributed by atoms with Crippen LogP contribution < -0.4 is 16.6 Å². The quantitative estimate of drug-likeness (QED) is 0.563. The number of hydrogen-bond acceptors (Lipinski definition) is 5. The highest BCUT2D eigenvalue weighted by Gasteiger charge is 2.25. The number of nitrogens with two attached hydrogens (primary N) is 1. The van der Waals surface area contributed by atoms with Crippen LogP contribution in [0.4, 0.5) is 0 Å². The Hall–Kier alpha value is -1.57. The van der Waals surface area contributed by atoms with Crippen LogP contribution in [0.25, 0.3) is 10.9 Å². The lowest BCUT2D eigenvalue weighted by molar-refractivity contribution is -0.122. The number of amides is 1. The summed E-state index contributed by atoms with van der Waals surface area (Å²) >= 11 is 1.58. The van der Waals surface area contributed by atoms with Crippen LogP contribution in [-0.2, 0) is 10.5 Å². The molecule has 1 heterocycles. The Morgan fingerprint density at radius 3 is 2.65 bits per heavy atom. The summed E-state index contributed by atoms with van der Waals surface area (Å²) in [4.78, 5) is 31.4. The molecule has 4 N–H and O–H groups in total. The van der Waals surface area contributed by atoms with Crippen molar-refractivity contribution in [1.82, 2.24) is 15.3 Å². The zero-order valence-electron chi connectivity index (χ0n) is 15.2. The number of fused-ring (bicyclic) bond motifs is 1. The first-order valence-corrected chi connectivity index (χ1v) is 9.76. The third kappa shape index (κ3) is 5.72. The van der Waals surface area contributed by atoms with E-state index in [1.807, 2.05) is 32.0 Å². The number of hydrogen-bond donors (Lipinski definition) is 3. The fourth-order valence-corrected chi connectivity index (χ4v) is 3.47. The Bertz CT molecular complexity index is 769. The number of halogens is 1. The van der Waals surface area contributed by atoms with Crippen molar-refractivity contribution < 1.29 is 4.79 Å². The lowest BCUT2D eigenvalue weighted by Gasteiger charge is -2.31. The average Bonchev–Trinajstić information content (AvgIpc) is 2.63. The van der Waals surface area contributed by atoms with Gasteiger partial charge in [0.2, 0.25) is 5.91 Å². The lowest BCUT2D eigenvalue weighted by atomic mass is 9.93. The average molecular weight is 399 g/mol. The molecule has 0 fully saturated rings. The van der Waals surface area contributed by atoms with Crippen molar-refractivity contribution >= 4 is 41.0 Å². The van der Waals surface area contributed by atoms with Gasteiger partial charge >= 0.3 is 0 Å². The molecule has 1 amide bonds. The summed E-state index contributed by atoms with van der Waals surface area (Å²) in [6.07, 6.45) is 2.06. The van der Waals surface area contributed by atoms with Crippen molar-refractivity contribution in [2.45, 2.75) is 44.4 Å². The number of rotatable bonds is 9. The van der Waals surface area contributed by atoms with Crippen LogP contribution in [-0.4, -0.2) is 33.7 Å². The van der Waals surface area contributed by atoms with E-state index < -0.39 is 0 Å². The summed E-state index contributed by atoms with van der Waals surface area (Å²) in [6.45, 7) is 4.52. The number of aromatic amines is 1. The van der Waals surface area contributed by atoms with Gasteiger partial charge in [0.25, 0.3) is 5.56 Å². The van der Waals surface area contributed by atoms with Gasteiger partial charge in [-0.2, -0.15) is 11.8 Å². The van der Waals surface area contributed by atoms with Gasteiger partial charge in [-0.3, -0.25) is 9.59 Å². The summed E-state index contributed by atoms with van der Waals surface area (Å²) in [5.41, 5.74) is 6.07. The van der Waals surface area contributed by atoms with E-state index in [4.69, 9.17) is 5.73 Å². The highest BCUT2D eigenvalue weighted by Crippen LogP contribution is 2.15. The van der Waals surface area contributed by atoms with Gasteiger partial charge in [0.05, 0.1) is 22.2 Å². The van der Waals surface area contributed by atoms with E-state index in [1.54, 1.807) is 17.8 Å². The molecule has 2 aromatic rings. The van der Waals surface area contributed by atoms with Gasteiger partial charge in [0.1, 0.15) is 5.82 Å². The number of H-pyrrole nitrogens is 1. The Balaban J connectivity index is 0.00000338. The van der Waals surface area contributed by atoms with E-state index >= 15 is 0 Å². The first kappa shape index (κ1) is 22.5. The SMILES string of the molecule is CCC(CC)(CN)NC(=O)CCSCc1nc2ccccc2c(=O)[nH]1.Cl. The van der Waals surface area contributed by atoms with Gasteiger partial charge < -0.3 is 16.0 Å². The minimum atomic E-state index is -0.299. The van der Waals surface area contributed by atoms with Crippen molar-refractivity contribution in [2.24, 2.45) is 5.73 Å². The Kier molecular flexibility index (Phi) is 9.12. The standard InChI is InChI=1S/C18H26N4O2S.ClH/c1-3-18(4-2,12-19)22-16(23)9-10-25-11-15-20-14-8-6-5-7-13(14)17(24)21-15;/h5-8H,3-4,9-12,19H2,1-2H3,(H,22,23)(H,20,21,24);1H. The van der Waals surface area contributed by atoms with Crippen molar-refractivity contribution in [1.29, 1.82) is 0 Å². The van der Waals surface area contributed by atoms with E-state index in [0.29, 0.717) is 41.2 Å². The number of nitrogens with zero attached hydrogens (tertiary/aromatic N) is 1. The number of benzene rings is 1. The molecular formula is C18H27ClN4O2S. The highest BCUT2D eigenvalue weighted by atomic mass is 35.5. The zero-order chi connectivity index (χ0) is 18.3. The van der Waals surface area contributed by atoms with Gasteiger partial charge in [0.15, 0.2) is 0 Å². The van der Waals surface area contributed by atoms with Gasteiger partial charge in [-0.25, -0.2) is 4.98 Å². The first-order valence-electron chi connectivity index (χ1n) is 8.60. The van der Waals surface area contributed by atoms with Crippen molar-refractivity contribution in [3.05, 3.63) is 40.4 Å². The molecule has 0 saturated heterocycles. The fraction of sp³-hybridized carbons (Fsp3) is 0.500. The topological polar surface area (TPSA) is 101 Å². The number of para-hydroxylation sites is 1. The molecule has 8 heteroatoms. The van der Waals surface area contributed by atoms with E-state index in [2.05, 4.69) is 15.3 Å². The molecule has 144 valence electrons. The summed E-state index contributed by atoms with van der Waals surface area (Å²) in [7, 11) is 0. The van der Waals surface area contributed by atoms with Crippen molar-refractivity contribution in [2.75, 3.05) is 12.3 Å². The van der Waals surface area contributed by atoms with E-state index in [9.17, 15) is 9.59 Å². The van der Waals surface area contributed by atoms with E-state index in [1.165, 1.54) is 0 Å². The molecule has 1 aromatic carbocycles. The molecule has 0 aliphatic carbocycles. The molecule has 0 spiro atoms. The third-order valence-electron chi connectivity index (χ3n) is 4.52. The molecule has 0 aliphatic rings. The maximum atomic E-state index is 12.1. The maximum Gasteiger partial charge on any atom is 0.258 e. The lowest BCUT2D eigenvalue weighted by Crippen LogP contribution is -2.52. The van der Waals surface area contributed by atoms with E-state index in [0.717, 1.165) is 12.8 Å². The predicted octanol–water partition coefficient (Wildman–Crippen LogP) is 2.60. The van der Waals surface area contributed by atoms with Crippen LogP contribution >= 0.6 is 24.2 Å². The molecule has 1 aromatic heterocycles. The second kappa shape index (κ2) is 10.5.